The molecule has 0 aliphatic carbocycles. The first-order valence-corrected chi connectivity index (χ1v) is 8.28. The van der Waals surface area contributed by atoms with E-state index < -0.39 is 0 Å². The number of ether oxygens (including phenoxy) is 2. The number of amides is 1. The number of nitrogens with one attached hydrogen (secondary N) is 1. The van der Waals surface area contributed by atoms with Gasteiger partial charge in [-0.3, -0.25) is 4.79 Å². The van der Waals surface area contributed by atoms with Gasteiger partial charge < -0.3 is 14.8 Å². The van der Waals surface area contributed by atoms with E-state index in [-0.39, 0.29) is 16.8 Å². The van der Waals surface area contributed by atoms with Gasteiger partial charge in [0, 0.05) is 0 Å². The molecule has 1 aromatic rings. The highest BCUT2D eigenvalue weighted by Crippen LogP contribution is 2.30. The number of carbonyl (C=O) groups excluding carboxylic acids is 1. The Bertz CT molecular complexity index is 465. The summed E-state index contributed by atoms with van der Waals surface area (Å²) in [5, 5.41) is 2.99. The minimum absolute atomic E-state index is 0.00292. The number of halogens is 1. The minimum atomic E-state index is -0.158. The number of rotatable bonds is 8. The second kappa shape index (κ2) is 8.93. The molecule has 118 valence electrons. The first-order valence-electron chi connectivity index (χ1n) is 7.37. The number of benzene rings is 1. The van der Waals surface area contributed by atoms with Crippen molar-refractivity contribution in [3.05, 3.63) is 23.8 Å². The molecule has 2 unspecified atom stereocenters. The van der Waals surface area contributed by atoms with Crippen LogP contribution >= 0.6 is 15.9 Å². The van der Waals surface area contributed by atoms with Crippen molar-refractivity contribution in [2.45, 2.75) is 45.0 Å². The molecular weight excluding hydrogens is 334 g/mol. The van der Waals surface area contributed by atoms with E-state index in [1.807, 2.05) is 45.9 Å². The summed E-state index contributed by atoms with van der Waals surface area (Å²) in [5.74, 6) is 1.44. The average molecular weight is 358 g/mol. The largest absolute Gasteiger partial charge is 0.490 e. The molecule has 0 heterocycles. The molecule has 1 amide bonds. The van der Waals surface area contributed by atoms with Gasteiger partial charge in [0.1, 0.15) is 0 Å². The lowest BCUT2D eigenvalue weighted by molar-refractivity contribution is -0.121. The van der Waals surface area contributed by atoms with Crippen LogP contribution in [0.3, 0.4) is 0 Å². The molecule has 0 saturated heterocycles. The van der Waals surface area contributed by atoms with E-state index in [9.17, 15) is 4.79 Å². The molecular formula is C16H24BrNO3. The van der Waals surface area contributed by atoms with Crippen LogP contribution in [0.25, 0.3) is 0 Å². The van der Waals surface area contributed by atoms with Gasteiger partial charge in [-0.05, 0) is 44.9 Å². The Morgan fingerprint density at radius 3 is 2.38 bits per heavy atom. The van der Waals surface area contributed by atoms with Gasteiger partial charge >= 0.3 is 0 Å². The van der Waals surface area contributed by atoms with Crippen molar-refractivity contribution in [2.24, 2.45) is 0 Å². The Kier molecular flexibility index (Phi) is 7.57. The fourth-order valence-corrected chi connectivity index (χ4v) is 2.04. The van der Waals surface area contributed by atoms with E-state index >= 15 is 0 Å². The van der Waals surface area contributed by atoms with Crippen molar-refractivity contribution in [3.8, 4) is 11.5 Å². The summed E-state index contributed by atoms with van der Waals surface area (Å²) >= 11 is 3.36. The van der Waals surface area contributed by atoms with E-state index in [0.29, 0.717) is 19.0 Å². The predicted octanol–water partition coefficient (Wildman–Crippen LogP) is 3.83. The standard InChI is InChI=1S/C16H24BrNO3/c1-5-13(17)16(19)18-11(4)12-8-9-14(20-6-2)15(10-12)21-7-3/h8-11,13H,5-7H2,1-4H3,(H,18,19). The van der Waals surface area contributed by atoms with E-state index in [0.717, 1.165) is 17.7 Å². The second-order valence-electron chi connectivity index (χ2n) is 4.68. The van der Waals surface area contributed by atoms with Crippen LogP contribution in [0.15, 0.2) is 18.2 Å². The fourth-order valence-electron chi connectivity index (χ4n) is 1.91. The van der Waals surface area contributed by atoms with Crippen LogP contribution in [0.4, 0.5) is 0 Å². The Morgan fingerprint density at radius 2 is 1.81 bits per heavy atom. The number of hydrogen-bond donors (Lipinski definition) is 1. The predicted molar refractivity (Wildman–Crippen MR) is 88.3 cm³/mol. The maximum atomic E-state index is 11.9. The van der Waals surface area contributed by atoms with Crippen molar-refractivity contribution in [2.75, 3.05) is 13.2 Å². The van der Waals surface area contributed by atoms with Gasteiger partial charge in [0.05, 0.1) is 24.1 Å². The van der Waals surface area contributed by atoms with Gasteiger partial charge in [-0.2, -0.15) is 0 Å². The smallest absolute Gasteiger partial charge is 0.234 e. The molecule has 0 bridgehead atoms. The fraction of sp³-hybridized carbons (Fsp3) is 0.562. The highest BCUT2D eigenvalue weighted by atomic mass is 79.9. The van der Waals surface area contributed by atoms with Gasteiger partial charge in [-0.1, -0.05) is 28.9 Å². The molecule has 0 spiro atoms. The summed E-state index contributed by atoms with van der Waals surface area (Å²) in [5.41, 5.74) is 0.992. The van der Waals surface area contributed by atoms with Crippen LogP contribution in [0.5, 0.6) is 11.5 Å². The second-order valence-corrected chi connectivity index (χ2v) is 5.78. The van der Waals surface area contributed by atoms with Gasteiger partial charge in [-0.15, -0.1) is 0 Å². The summed E-state index contributed by atoms with van der Waals surface area (Å²) in [6.45, 7) is 8.96. The monoisotopic (exact) mass is 357 g/mol. The topological polar surface area (TPSA) is 47.6 Å². The lowest BCUT2D eigenvalue weighted by Crippen LogP contribution is -2.32. The first kappa shape index (κ1) is 17.8. The van der Waals surface area contributed by atoms with Crippen LogP contribution < -0.4 is 14.8 Å². The molecule has 2 atom stereocenters. The first-order chi connectivity index (χ1) is 10.0. The maximum absolute atomic E-state index is 11.9. The van der Waals surface area contributed by atoms with Crippen molar-refractivity contribution in [1.29, 1.82) is 0 Å². The van der Waals surface area contributed by atoms with Crippen LogP contribution in [0, 0.1) is 0 Å². The third-order valence-corrected chi connectivity index (χ3v) is 4.13. The zero-order chi connectivity index (χ0) is 15.8. The highest BCUT2D eigenvalue weighted by molar-refractivity contribution is 9.10. The quantitative estimate of drug-likeness (QED) is 0.719. The van der Waals surface area contributed by atoms with Crippen LogP contribution in [0.2, 0.25) is 0 Å². The summed E-state index contributed by atoms with van der Waals surface area (Å²) in [6.07, 6.45) is 0.756. The molecule has 0 aliphatic rings. The summed E-state index contributed by atoms with van der Waals surface area (Å²) in [6, 6.07) is 5.68. The van der Waals surface area contributed by atoms with Gasteiger partial charge in [0.15, 0.2) is 11.5 Å². The van der Waals surface area contributed by atoms with E-state index in [2.05, 4.69) is 21.2 Å². The van der Waals surface area contributed by atoms with Crippen LogP contribution in [0.1, 0.15) is 45.7 Å². The third kappa shape index (κ3) is 5.23. The van der Waals surface area contributed by atoms with E-state index in [1.165, 1.54) is 0 Å². The summed E-state index contributed by atoms with van der Waals surface area (Å²) in [4.78, 5) is 11.8. The van der Waals surface area contributed by atoms with E-state index in [1.54, 1.807) is 0 Å². The minimum Gasteiger partial charge on any atom is -0.490 e. The molecule has 1 rings (SSSR count). The zero-order valence-electron chi connectivity index (χ0n) is 13.1. The van der Waals surface area contributed by atoms with Crippen molar-refractivity contribution in [1.82, 2.24) is 5.32 Å². The molecule has 5 heteroatoms. The summed E-state index contributed by atoms with van der Waals surface area (Å²) in [7, 11) is 0. The maximum Gasteiger partial charge on any atom is 0.234 e. The Morgan fingerprint density at radius 1 is 1.19 bits per heavy atom. The van der Waals surface area contributed by atoms with Crippen molar-refractivity contribution < 1.29 is 14.3 Å². The molecule has 0 radical (unpaired) electrons. The van der Waals surface area contributed by atoms with Crippen LogP contribution in [-0.4, -0.2) is 23.9 Å². The SMILES string of the molecule is CCOc1ccc(C(C)NC(=O)C(Br)CC)cc1OCC. The van der Waals surface area contributed by atoms with Crippen LogP contribution in [-0.2, 0) is 4.79 Å². The van der Waals surface area contributed by atoms with Gasteiger partial charge in [0.25, 0.3) is 0 Å². The molecule has 1 N–H and O–H groups in total. The number of hydrogen-bond acceptors (Lipinski definition) is 3. The zero-order valence-corrected chi connectivity index (χ0v) is 14.7. The Balaban J connectivity index is 2.86. The van der Waals surface area contributed by atoms with Crippen molar-refractivity contribution >= 4 is 21.8 Å². The average Bonchev–Trinajstić information content (AvgIpc) is 2.48. The lowest BCUT2D eigenvalue weighted by Gasteiger charge is -2.18. The molecule has 21 heavy (non-hydrogen) atoms. The van der Waals surface area contributed by atoms with E-state index in [4.69, 9.17) is 9.47 Å². The number of carbonyl (C=O) groups is 1. The highest BCUT2D eigenvalue weighted by Gasteiger charge is 2.17. The molecule has 0 fully saturated rings. The van der Waals surface area contributed by atoms with Gasteiger partial charge in [0.2, 0.25) is 5.91 Å². The number of alkyl halides is 1. The lowest BCUT2D eigenvalue weighted by atomic mass is 10.1. The molecule has 1 aromatic carbocycles. The molecule has 0 saturated carbocycles. The Hall–Kier alpha value is -1.23. The molecule has 0 aliphatic heterocycles. The van der Waals surface area contributed by atoms with Gasteiger partial charge in [-0.25, -0.2) is 0 Å². The molecule has 4 nitrogen and oxygen atoms in total. The van der Waals surface area contributed by atoms with Crippen molar-refractivity contribution in [3.63, 3.8) is 0 Å². The third-order valence-electron chi connectivity index (χ3n) is 3.07. The summed E-state index contributed by atoms with van der Waals surface area (Å²) < 4.78 is 11.1. The molecule has 0 aromatic heterocycles. The Labute approximate surface area is 135 Å². The normalized spacial score (nSPS) is 13.4.